The Morgan fingerprint density at radius 3 is 2.68 bits per heavy atom. The molecule has 0 spiro atoms. The van der Waals surface area contributed by atoms with E-state index < -0.39 is 0 Å². The Morgan fingerprint density at radius 2 is 1.89 bits per heavy atom. The lowest BCUT2D eigenvalue weighted by Crippen LogP contribution is -2.05. The molecule has 19 heavy (non-hydrogen) atoms. The molecule has 96 valence electrons. The maximum atomic E-state index is 4.32. The molecule has 3 rings (SSSR count). The summed E-state index contributed by atoms with van der Waals surface area (Å²) < 4.78 is 2.07. The first-order valence-corrected chi connectivity index (χ1v) is 6.33. The molecule has 0 fully saturated rings. The molecule has 0 atom stereocenters. The molecule has 5 nitrogen and oxygen atoms in total. The second-order valence-corrected chi connectivity index (χ2v) is 4.96. The summed E-state index contributed by atoms with van der Waals surface area (Å²) in [7, 11) is 0. The van der Waals surface area contributed by atoms with Crippen molar-refractivity contribution >= 4 is 11.0 Å². The van der Waals surface area contributed by atoms with E-state index in [0.717, 1.165) is 29.0 Å². The monoisotopic (exact) mass is 253 g/mol. The Balaban J connectivity index is 2.06. The molecule has 5 heteroatoms. The molecule has 0 aliphatic carbocycles. The van der Waals surface area contributed by atoms with Crippen molar-refractivity contribution in [3.63, 3.8) is 0 Å². The van der Waals surface area contributed by atoms with Gasteiger partial charge in [-0.2, -0.15) is 0 Å². The molecule has 0 saturated heterocycles. The van der Waals surface area contributed by atoms with Crippen molar-refractivity contribution < 1.29 is 0 Å². The fraction of sp³-hybridized carbons (Fsp3) is 0.286. The van der Waals surface area contributed by atoms with E-state index in [0.29, 0.717) is 5.92 Å². The van der Waals surface area contributed by atoms with Crippen LogP contribution in [0, 0.1) is 5.92 Å². The Hall–Kier alpha value is -2.30. The molecule has 0 aliphatic rings. The molecule has 0 unspecified atom stereocenters. The van der Waals surface area contributed by atoms with Crippen LogP contribution in [0.5, 0.6) is 0 Å². The van der Waals surface area contributed by atoms with E-state index in [1.54, 1.807) is 18.7 Å². The fourth-order valence-electron chi connectivity index (χ4n) is 2.11. The normalized spacial score (nSPS) is 11.3. The molecule has 0 saturated carbocycles. The van der Waals surface area contributed by atoms with E-state index in [1.165, 1.54) is 0 Å². The highest BCUT2D eigenvalue weighted by atomic mass is 15.3. The minimum atomic E-state index is 0.551. The largest absolute Gasteiger partial charge is 0.313 e. The summed E-state index contributed by atoms with van der Waals surface area (Å²) in [6.45, 7) is 5.26. The van der Waals surface area contributed by atoms with Gasteiger partial charge in [-0.25, -0.2) is 0 Å². The summed E-state index contributed by atoms with van der Waals surface area (Å²) in [5.74, 6) is 1.43. The lowest BCUT2D eigenvalue weighted by molar-refractivity contribution is 0.525. The third-order valence-corrected chi connectivity index (χ3v) is 2.90. The molecule has 2 aromatic heterocycles. The highest BCUT2D eigenvalue weighted by molar-refractivity contribution is 5.79. The number of benzene rings is 1. The lowest BCUT2D eigenvalue weighted by Gasteiger charge is -2.09. The molecular formula is C14H15N5. The highest BCUT2D eigenvalue weighted by Crippen LogP contribution is 2.21. The first-order chi connectivity index (χ1) is 9.24. The fourth-order valence-corrected chi connectivity index (χ4v) is 2.11. The second kappa shape index (κ2) is 4.76. The van der Waals surface area contributed by atoms with Gasteiger partial charge < -0.3 is 4.57 Å². The Kier molecular flexibility index (Phi) is 2.95. The van der Waals surface area contributed by atoms with Crippen LogP contribution in [0.1, 0.15) is 13.8 Å². The lowest BCUT2D eigenvalue weighted by atomic mass is 10.1. The van der Waals surface area contributed by atoms with Gasteiger partial charge in [0.2, 0.25) is 0 Å². The van der Waals surface area contributed by atoms with Gasteiger partial charge >= 0.3 is 0 Å². The predicted molar refractivity (Wildman–Crippen MR) is 73.4 cm³/mol. The van der Waals surface area contributed by atoms with Gasteiger partial charge in [0, 0.05) is 24.5 Å². The average Bonchev–Trinajstić information content (AvgIpc) is 2.85. The van der Waals surface area contributed by atoms with Gasteiger partial charge in [-0.15, -0.1) is 10.2 Å². The minimum Gasteiger partial charge on any atom is -0.313 e. The van der Waals surface area contributed by atoms with Crippen molar-refractivity contribution in [1.29, 1.82) is 0 Å². The summed E-state index contributed by atoms with van der Waals surface area (Å²) in [5, 5.41) is 8.22. The average molecular weight is 253 g/mol. The first kappa shape index (κ1) is 11.8. The van der Waals surface area contributed by atoms with Crippen molar-refractivity contribution in [1.82, 2.24) is 24.7 Å². The molecule has 0 bridgehead atoms. The molecule has 3 aromatic rings. The van der Waals surface area contributed by atoms with Gasteiger partial charge in [0.05, 0.1) is 11.0 Å². The molecule has 0 N–H and O–H groups in total. The quantitative estimate of drug-likeness (QED) is 0.719. The van der Waals surface area contributed by atoms with Gasteiger partial charge in [0.25, 0.3) is 0 Å². The van der Waals surface area contributed by atoms with Crippen LogP contribution in [0.4, 0.5) is 0 Å². The highest BCUT2D eigenvalue weighted by Gasteiger charge is 2.09. The van der Waals surface area contributed by atoms with Gasteiger partial charge in [-0.1, -0.05) is 13.8 Å². The minimum absolute atomic E-state index is 0.551. The van der Waals surface area contributed by atoms with Crippen LogP contribution < -0.4 is 0 Å². The topological polar surface area (TPSA) is 56.5 Å². The van der Waals surface area contributed by atoms with Crippen molar-refractivity contribution in [2.75, 3.05) is 0 Å². The summed E-state index contributed by atoms with van der Waals surface area (Å²) in [4.78, 5) is 8.59. The van der Waals surface area contributed by atoms with E-state index in [4.69, 9.17) is 0 Å². The number of nitrogens with zero attached hydrogens (tertiary/aromatic N) is 5. The number of rotatable bonds is 3. The zero-order chi connectivity index (χ0) is 13.2. The van der Waals surface area contributed by atoms with Crippen LogP contribution in [-0.4, -0.2) is 24.7 Å². The molecule has 0 amide bonds. The molecular weight excluding hydrogens is 238 g/mol. The van der Waals surface area contributed by atoms with E-state index in [-0.39, 0.29) is 0 Å². The van der Waals surface area contributed by atoms with Crippen molar-refractivity contribution in [3.05, 3.63) is 36.9 Å². The van der Waals surface area contributed by atoms with Gasteiger partial charge in [0.1, 0.15) is 6.33 Å². The Bertz CT molecular complexity index is 702. The van der Waals surface area contributed by atoms with Crippen LogP contribution >= 0.6 is 0 Å². The third-order valence-electron chi connectivity index (χ3n) is 2.90. The smallest absolute Gasteiger partial charge is 0.163 e. The maximum Gasteiger partial charge on any atom is 0.163 e. The van der Waals surface area contributed by atoms with Crippen LogP contribution in [0.2, 0.25) is 0 Å². The summed E-state index contributed by atoms with van der Waals surface area (Å²) in [6, 6.07) is 5.98. The summed E-state index contributed by atoms with van der Waals surface area (Å²) in [6.07, 6.45) is 5.17. The van der Waals surface area contributed by atoms with E-state index in [1.807, 2.05) is 18.2 Å². The Morgan fingerprint density at radius 1 is 1.11 bits per heavy atom. The maximum absolute atomic E-state index is 4.32. The zero-order valence-corrected chi connectivity index (χ0v) is 11.0. The van der Waals surface area contributed by atoms with E-state index >= 15 is 0 Å². The summed E-state index contributed by atoms with van der Waals surface area (Å²) >= 11 is 0. The Labute approximate surface area is 111 Å². The number of fused-ring (bicyclic) bond motifs is 1. The van der Waals surface area contributed by atoms with Crippen molar-refractivity contribution in [3.8, 4) is 11.4 Å². The van der Waals surface area contributed by atoms with E-state index in [2.05, 4.69) is 38.6 Å². The van der Waals surface area contributed by atoms with Crippen molar-refractivity contribution in [2.45, 2.75) is 20.4 Å². The van der Waals surface area contributed by atoms with Gasteiger partial charge in [-0.3, -0.25) is 9.97 Å². The molecule has 1 aromatic carbocycles. The molecule has 0 radical (unpaired) electrons. The second-order valence-electron chi connectivity index (χ2n) is 4.96. The molecule has 0 aliphatic heterocycles. The van der Waals surface area contributed by atoms with Gasteiger partial charge in [0.15, 0.2) is 5.82 Å². The van der Waals surface area contributed by atoms with Crippen LogP contribution in [-0.2, 0) is 6.54 Å². The summed E-state index contributed by atoms with van der Waals surface area (Å²) in [5.41, 5.74) is 2.78. The zero-order valence-electron chi connectivity index (χ0n) is 11.0. The van der Waals surface area contributed by atoms with Crippen LogP contribution in [0.25, 0.3) is 22.4 Å². The van der Waals surface area contributed by atoms with E-state index in [9.17, 15) is 0 Å². The SMILES string of the molecule is CC(C)Cn1cnnc1-c1ccc2nccnc2c1. The standard InChI is InChI=1S/C14H15N5/c1-10(2)8-19-9-17-18-14(19)11-3-4-12-13(7-11)16-6-5-15-12/h3-7,9-10H,8H2,1-2H3. The predicted octanol–water partition coefficient (Wildman–Crippen LogP) is 2.54. The molecule has 2 heterocycles. The third kappa shape index (κ3) is 2.31. The van der Waals surface area contributed by atoms with Crippen molar-refractivity contribution in [2.24, 2.45) is 5.92 Å². The number of hydrogen-bond donors (Lipinski definition) is 0. The number of aromatic nitrogens is 5. The van der Waals surface area contributed by atoms with Crippen LogP contribution in [0.3, 0.4) is 0 Å². The first-order valence-electron chi connectivity index (χ1n) is 6.33. The van der Waals surface area contributed by atoms with Crippen LogP contribution in [0.15, 0.2) is 36.9 Å². The number of hydrogen-bond acceptors (Lipinski definition) is 4. The van der Waals surface area contributed by atoms with Gasteiger partial charge in [-0.05, 0) is 24.1 Å².